The minimum absolute atomic E-state index is 0.0451. The van der Waals surface area contributed by atoms with Crippen LogP contribution in [0, 0.1) is 6.92 Å². The Bertz CT molecular complexity index is 1050. The van der Waals surface area contributed by atoms with Crippen LogP contribution in [0.1, 0.15) is 32.2 Å². The van der Waals surface area contributed by atoms with Crippen molar-refractivity contribution in [2.24, 2.45) is 7.05 Å². The molecule has 26 heavy (non-hydrogen) atoms. The van der Waals surface area contributed by atoms with Crippen LogP contribution < -0.4 is 5.56 Å². The molecule has 0 bridgehead atoms. The van der Waals surface area contributed by atoms with Gasteiger partial charge in [-0.25, -0.2) is 0 Å². The van der Waals surface area contributed by atoms with Crippen molar-refractivity contribution >= 4 is 16.7 Å². The van der Waals surface area contributed by atoms with Gasteiger partial charge in [0.2, 0.25) is 5.78 Å². The van der Waals surface area contributed by atoms with Gasteiger partial charge in [0.25, 0.3) is 5.56 Å². The predicted octanol–water partition coefficient (Wildman–Crippen LogP) is 1.89. The standard InChI is InChI=1S/C19H25N5O2/c1-12-6-7-15-14(8-12)17(25)22(5)18-21-20-16(24(15)18)10-23-9-13(2)26-19(3,4)11-23/h6-8,13H,9-11H2,1-5H3. The summed E-state index contributed by atoms with van der Waals surface area (Å²) in [5.74, 6) is 1.41. The van der Waals surface area contributed by atoms with E-state index in [9.17, 15) is 4.79 Å². The molecule has 2 aromatic heterocycles. The first kappa shape index (κ1) is 17.2. The van der Waals surface area contributed by atoms with Gasteiger partial charge >= 0.3 is 0 Å². The molecule has 1 unspecified atom stereocenters. The molecule has 4 rings (SSSR count). The van der Waals surface area contributed by atoms with E-state index in [1.54, 1.807) is 11.6 Å². The van der Waals surface area contributed by atoms with Gasteiger partial charge in [-0.05, 0) is 39.8 Å². The summed E-state index contributed by atoms with van der Waals surface area (Å²) in [6, 6.07) is 5.93. The maximum atomic E-state index is 12.7. The fourth-order valence-electron chi connectivity index (χ4n) is 4.07. The van der Waals surface area contributed by atoms with E-state index in [0.29, 0.717) is 17.7 Å². The van der Waals surface area contributed by atoms with E-state index in [0.717, 1.165) is 30.0 Å². The van der Waals surface area contributed by atoms with Crippen LogP contribution in [0.4, 0.5) is 0 Å². The molecule has 3 heterocycles. The fraction of sp³-hybridized carbons (Fsp3) is 0.526. The van der Waals surface area contributed by atoms with Crippen LogP contribution in [-0.2, 0) is 18.3 Å². The maximum Gasteiger partial charge on any atom is 0.262 e. The van der Waals surface area contributed by atoms with Crippen molar-refractivity contribution in [3.05, 3.63) is 39.9 Å². The Morgan fingerprint density at radius 1 is 1.31 bits per heavy atom. The molecular weight excluding hydrogens is 330 g/mol. The van der Waals surface area contributed by atoms with E-state index >= 15 is 0 Å². The average Bonchev–Trinajstić information content (AvgIpc) is 2.94. The quantitative estimate of drug-likeness (QED) is 0.702. The monoisotopic (exact) mass is 355 g/mol. The molecule has 1 aliphatic heterocycles. The first-order valence-corrected chi connectivity index (χ1v) is 8.99. The number of nitrogens with zero attached hydrogens (tertiary/aromatic N) is 5. The number of rotatable bonds is 2. The Hall–Kier alpha value is -2.25. The summed E-state index contributed by atoms with van der Waals surface area (Å²) >= 11 is 0. The molecule has 0 radical (unpaired) electrons. The lowest BCUT2D eigenvalue weighted by Gasteiger charge is -2.41. The first-order valence-electron chi connectivity index (χ1n) is 8.99. The van der Waals surface area contributed by atoms with Crippen molar-refractivity contribution in [1.29, 1.82) is 0 Å². The lowest BCUT2D eigenvalue weighted by molar-refractivity contribution is -0.131. The Kier molecular flexibility index (Phi) is 3.89. The summed E-state index contributed by atoms with van der Waals surface area (Å²) in [5, 5.41) is 9.39. The third-order valence-electron chi connectivity index (χ3n) is 4.95. The van der Waals surface area contributed by atoms with Crippen LogP contribution in [-0.4, -0.2) is 48.9 Å². The van der Waals surface area contributed by atoms with E-state index in [-0.39, 0.29) is 17.3 Å². The van der Waals surface area contributed by atoms with Crippen LogP contribution >= 0.6 is 0 Å². The molecule has 0 aliphatic carbocycles. The van der Waals surface area contributed by atoms with Crippen molar-refractivity contribution < 1.29 is 4.74 Å². The molecule has 138 valence electrons. The summed E-state index contributed by atoms with van der Waals surface area (Å²) in [6.07, 6.45) is 0.168. The van der Waals surface area contributed by atoms with Gasteiger partial charge in [-0.2, -0.15) is 0 Å². The van der Waals surface area contributed by atoms with Gasteiger partial charge < -0.3 is 4.74 Å². The minimum atomic E-state index is -0.190. The number of aryl methyl sites for hydroxylation is 2. The van der Waals surface area contributed by atoms with Crippen molar-refractivity contribution in [1.82, 2.24) is 24.1 Å². The Labute approximate surface area is 152 Å². The Balaban J connectivity index is 1.84. The number of ether oxygens (including phenoxy) is 1. The van der Waals surface area contributed by atoms with Crippen molar-refractivity contribution in [2.45, 2.75) is 45.9 Å². The second-order valence-electron chi connectivity index (χ2n) is 7.99. The largest absolute Gasteiger partial charge is 0.370 e. The molecule has 0 N–H and O–H groups in total. The van der Waals surface area contributed by atoms with Gasteiger partial charge in [-0.3, -0.25) is 18.7 Å². The number of morpholine rings is 1. The van der Waals surface area contributed by atoms with E-state index in [1.807, 2.05) is 29.5 Å². The highest BCUT2D eigenvalue weighted by Crippen LogP contribution is 2.23. The van der Waals surface area contributed by atoms with Gasteiger partial charge in [0, 0.05) is 20.1 Å². The Morgan fingerprint density at radius 2 is 2.08 bits per heavy atom. The van der Waals surface area contributed by atoms with Gasteiger partial charge in [0.1, 0.15) is 0 Å². The summed E-state index contributed by atoms with van der Waals surface area (Å²) in [7, 11) is 1.75. The van der Waals surface area contributed by atoms with Crippen molar-refractivity contribution in [2.75, 3.05) is 13.1 Å². The zero-order chi connectivity index (χ0) is 18.6. The molecule has 3 aromatic rings. The van der Waals surface area contributed by atoms with Crippen LogP contribution in [0.3, 0.4) is 0 Å². The highest BCUT2D eigenvalue weighted by Gasteiger charge is 2.32. The maximum absolute atomic E-state index is 12.7. The lowest BCUT2D eigenvalue weighted by atomic mass is 10.1. The second-order valence-corrected chi connectivity index (χ2v) is 7.99. The average molecular weight is 355 g/mol. The minimum Gasteiger partial charge on any atom is -0.370 e. The van der Waals surface area contributed by atoms with Crippen molar-refractivity contribution in [3.8, 4) is 0 Å². The normalized spacial score (nSPS) is 20.9. The number of fused-ring (bicyclic) bond motifs is 3. The molecule has 7 nitrogen and oxygen atoms in total. The van der Waals surface area contributed by atoms with Crippen LogP contribution in [0.5, 0.6) is 0 Å². The molecule has 0 spiro atoms. The SMILES string of the molecule is Cc1ccc2c(c1)c(=O)n(C)c1nnc(CN3CC(C)OC(C)(C)C3)n21. The topological polar surface area (TPSA) is 64.7 Å². The molecule has 1 aliphatic rings. The summed E-state index contributed by atoms with van der Waals surface area (Å²) in [5.41, 5.74) is 1.68. The van der Waals surface area contributed by atoms with Gasteiger partial charge in [0.05, 0.1) is 29.2 Å². The van der Waals surface area contributed by atoms with E-state index in [4.69, 9.17) is 4.74 Å². The predicted molar refractivity (Wildman–Crippen MR) is 100 cm³/mol. The number of aromatic nitrogens is 4. The summed E-state index contributed by atoms with van der Waals surface area (Å²) < 4.78 is 9.58. The molecule has 0 amide bonds. The second kappa shape index (κ2) is 5.89. The molecule has 0 saturated carbocycles. The highest BCUT2D eigenvalue weighted by molar-refractivity contribution is 5.81. The Morgan fingerprint density at radius 3 is 2.81 bits per heavy atom. The molecule has 1 fully saturated rings. The molecule has 1 aromatic carbocycles. The zero-order valence-corrected chi connectivity index (χ0v) is 16.0. The van der Waals surface area contributed by atoms with Crippen LogP contribution in [0.15, 0.2) is 23.0 Å². The van der Waals surface area contributed by atoms with Gasteiger partial charge in [-0.1, -0.05) is 11.6 Å². The third-order valence-corrected chi connectivity index (χ3v) is 4.95. The third kappa shape index (κ3) is 2.81. The molecule has 7 heteroatoms. The zero-order valence-electron chi connectivity index (χ0n) is 16.0. The van der Waals surface area contributed by atoms with E-state index in [1.165, 1.54) is 0 Å². The molecule has 1 saturated heterocycles. The summed E-state index contributed by atoms with van der Waals surface area (Å²) in [6.45, 7) is 10.7. The van der Waals surface area contributed by atoms with Crippen LogP contribution in [0.2, 0.25) is 0 Å². The number of hydrogen-bond donors (Lipinski definition) is 0. The number of hydrogen-bond acceptors (Lipinski definition) is 5. The molecule has 1 atom stereocenters. The number of benzene rings is 1. The van der Waals surface area contributed by atoms with Gasteiger partial charge in [-0.15, -0.1) is 10.2 Å². The van der Waals surface area contributed by atoms with E-state index < -0.39 is 0 Å². The lowest BCUT2D eigenvalue weighted by Crippen LogP contribution is -2.51. The fourth-order valence-corrected chi connectivity index (χ4v) is 4.07. The summed E-state index contributed by atoms with van der Waals surface area (Å²) in [4.78, 5) is 15.0. The highest BCUT2D eigenvalue weighted by atomic mass is 16.5. The van der Waals surface area contributed by atoms with E-state index in [2.05, 4.69) is 35.9 Å². The smallest absolute Gasteiger partial charge is 0.262 e. The first-order chi connectivity index (χ1) is 12.2. The van der Waals surface area contributed by atoms with Crippen molar-refractivity contribution in [3.63, 3.8) is 0 Å². The molecular formula is C19H25N5O2. The van der Waals surface area contributed by atoms with Gasteiger partial charge in [0.15, 0.2) is 5.82 Å². The van der Waals surface area contributed by atoms with Crippen LogP contribution in [0.25, 0.3) is 16.7 Å².